The lowest BCUT2D eigenvalue weighted by Crippen LogP contribution is -2.16. The molecular weight excluding hydrogens is 280 g/mol. The van der Waals surface area contributed by atoms with Gasteiger partial charge in [-0.15, -0.1) is 11.3 Å². The van der Waals surface area contributed by atoms with E-state index in [-0.39, 0.29) is 10.9 Å². The predicted octanol–water partition coefficient (Wildman–Crippen LogP) is 1.85. The van der Waals surface area contributed by atoms with E-state index < -0.39 is 0 Å². The van der Waals surface area contributed by atoms with Gasteiger partial charge >= 0.3 is 0 Å². The number of aryl methyl sites for hydroxylation is 2. The molecule has 2 heterocycles. The predicted molar refractivity (Wildman–Crippen MR) is 78.8 cm³/mol. The molecule has 0 bridgehead atoms. The molecule has 1 aliphatic carbocycles. The zero-order valence-electron chi connectivity index (χ0n) is 10.0. The summed E-state index contributed by atoms with van der Waals surface area (Å²) in [5.41, 5.74) is 7.40. The fourth-order valence-electron chi connectivity index (χ4n) is 2.18. The van der Waals surface area contributed by atoms with Crippen LogP contribution in [0.2, 0.25) is 0 Å². The van der Waals surface area contributed by atoms with Gasteiger partial charge in [0.05, 0.1) is 16.6 Å². The molecule has 3 rings (SSSR count). The summed E-state index contributed by atoms with van der Waals surface area (Å²) >= 11 is 6.45. The van der Waals surface area contributed by atoms with Crippen LogP contribution >= 0.6 is 23.6 Å². The van der Waals surface area contributed by atoms with Crippen molar-refractivity contribution in [2.45, 2.75) is 19.3 Å². The highest BCUT2D eigenvalue weighted by Gasteiger charge is 2.19. The fraction of sp³-hybridized carbons (Fsp3) is 0.250. The zero-order valence-corrected chi connectivity index (χ0v) is 11.7. The molecule has 19 heavy (non-hydrogen) atoms. The summed E-state index contributed by atoms with van der Waals surface area (Å²) in [7, 11) is 0. The number of hydrogen-bond acceptors (Lipinski definition) is 4. The van der Waals surface area contributed by atoms with Crippen LogP contribution in [-0.4, -0.2) is 21.1 Å². The van der Waals surface area contributed by atoms with Gasteiger partial charge in [0, 0.05) is 4.88 Å². The second-order valence-corrected chi connectivity index (χ2v) is 5.97. The standard InChI is InChI=1S/C12H12N4OS2/c13-10(18)7-5-14-16-11(7)15-12(17)9-4-6-2-1-3-8(6)19-9/h4-5H,1-3H2,(H2,13,18)(H2,14,15,16,17). The molecular formula is C12H12N4OS2. The largest absolute Gasteiger partial charge is 0.389 e. The first-order chi connectivity index (χ1) is 9.15. The molecule has 0 aliphatic heterocycles. The van der Waals surface area contributed by atoms with E-state index in [9.17, 15) is 4.79 Å². The number of carbonyl (C=O) groups is 1. The molecule has 0 aromatic carbocycles. The molecule has 5 nitrogen and oxygen atoms in total. The Labute approximate surface area is 119 Å². The van der Waals surface area contributed by atoms with Crippen molar-refractivity contribution in [3.63, 3.8) is 0 Å². The van der Waals surface area contributed by atoms with Gasteiger partial charge < -0.3 is 11.1 Å². The summed E-state index contributed by atoms with van der Waals surface area (Å²) in [6.07, 6.45) is 4.85. The highest BCUT2D eigenvalue weighted by atomic mass is 32.1. The second-order valence-electron chi connectivity index (χ2n) is 4.39. The van der Waals surface area contributed by atoms with E-state index in [1.807, 2.05) is 6.07 Å². The smallest absolute Gasteiger partial charge is 0.266 e. The Morgan fingerprint density at radius 2 is 2.37 bits per heavy atom. The molecule has 0 spiro atoms. The second kappa shape index (κ2) is 4.75. The Balaban J connectivity index is 1.81. The van der Waals surface area contributed by atoms with E-state index in [4.69, 9.17) is 18.0 Å². The Morgan fingerprint density at radius 3 is 3.11 bits per heavy atom. The molecule has 98 valence electrons. The molecule has 0 fully saturated rings. The number of nitrogens with one attached hydrogen (secondary N) is 2. The van der Waals surface area contributed by atoms with Crippen LogP contribution in [0, 0.1) is 0 Å². The monoisotopic (exact) mass is 292 g/mol. The van der Waals surface area contributed by atoms with Gasteiger partial charge in [-0.2, -0.15) is 5.10 Å². The third-order valence-corrected chi connectivity index (χ3v) is 4.57. The van der Waals surface area contributed by atoms with Crippen molar-refractivity contribution in [2.24, 2.45) is 5.73 Å². The van der Waals surface area contributed by atoms with Crippen molar-refractivity contribution in [1.82, 2.24) is 10.2 Å². The number of thiophene rings is 1. The average molecular weight is 292 g/mol. The molecule has 0 saturated carbocycles. The van der Waals surface area contributed by atoms with Gasteiger partial charge in [0.25, 0.3) is 5.91 Å². The molecule has 7 heteroatoms. The van der Waals surface area contributed by atoms with Gasteiger partial charge in [-0.05, 0) is 30.9 Å². The van der Waals surface area contributed by atoms with Crippen molar-refractivity contribution in [3.05, 3.63) is 33.1 Å². The highest BCUT2D eigenvalue weighted by Crippen LogP contribution is 2.31. The number of fused-ring (bicyclic) bond motifs is 1. The quantitative estimate of drug-likeness (QED) is 0.754. The Kier molecular flexibility index (Phi) is 3.08. The van der Waals surface area contributed by atoms with Crippen LogP contribution < -0.4 is 11.1 Å². The number of hydrogen-bond donors (Lipinski definition) is 3. The summed E-state index contributed by atoms with van der Waals surface area (Å²) < 4.78 is 0. The van der Waals surface area contributed by atoms with Gasteiger partial charge in [0.15, 0.2) is 0 Å². The number of H-pyrrole nitrogens is 1. The van der Waals surface area contributed by atoms with Crippen molar-refractivity contribution >= 4 is 40.3 Å². The normalized spacial score (nSPS) is 13.3. The number of nitrogens with zero attached hydrogens (tertiary/aromatic N) is 1. The molecule has 1 amide bonds. The van der Waals surface area contributed by atoms with Crippen LogP contribution in [0.1, 0.15) is 32.1 Å². The first kappa shape index (κ1) is 12.3. The van der Waals surface area contributed by atoms with Gasteiger partial charge in [0.1, 0.15) is 10.8 Å². The van der Waals surface area contributed by atoms with Gasteiger partial charge in [0.2, 0.25) is 0 Å². The lowest BCUT2D eigenvalue weighted by atomic mass is 10.2. The summed E-state index contributed by atoms with van der Waals surface area (Å²) in [6.45, 7) is 0. The number of rotatable bonds is 3. The molecule has 0 atom stereocenters. The maximum absolute atomic E-state index is 12.2. The van der Waals surface area contributed by atoms with Gasteiger partial charge in [-0.25, -0.2) is 0 Å². The van der Waals surface area contributed by atoms with E-state index >= 15 is 0 Å². The topological polar surface area (TPSA) is 83.8 Å². The summed E-state index contributed by atoms with van der Waals surface area (Å²) in [5, 5.41) is 9.29. The van der Waals surface area contributed by atoms with Crippen molar-refractivity contribution in [3.8, 4) is 0 Å². The molecule has 0 radical (unpaired) electrons. The number of anilines is 1. The maximum Gasteiger partial charge on any atom is 0.266 e. The van der Waals surface area contributed by atoms with E-state index in [2.05, 4.69) is 15.5 Å². The van der Waals surface area contributed by atoms with Gasteiger partial charge in [-0.1, -0.05) is 12.2 Å². The van der Waals surface area contributed by atoms with E-state index in [1.165, 1.54) is 23.1 Å². The molecule has 1 aliphatic rings. The molecule has 2 aromatic heterocycles. The summed E-state index contributed by atoms with van der Waals surface area (Å²) in [6, 6.07) is 1.97. The van der Waals surface area contributed by atoms with E-state index in [0.717, 1.165) is 12.8 Å². The van der Waals surface area contributed by atoms with Crippen LogP contribution in [0.25, 0.3) is 0 Å². The molecule has 4 N–H and O–H groups in total. The van der Waals surface area contributed by atoms with Crippen LogP contribution in [0.5, 0.6) is 0 Å². The Hall–Kier alpha value is -1.73. The number of carbonyl (C=O) groups excluding carboxylic acids is 1. The zero-order chi connectivity index (χ0) is 13.4. The summed E-state index contributed by atoms with van der Waals surface area (Å²) in [5.74, 6) is 0.298. The number of amides is 1. The lowest BCUT2D eigenvalue weighted by Gasteiger charge is -2.03. The summed E-state index contributed by atoms with van der Waals surface area (Å²) in [4.78, 5) is 14.4. The number of aromatic amines is 1. The third kappa shape index (κ3) is 2.26. The van der Waals surface area contributed by atoms with E-state index in [1.54, 1.807) is 11.3 Å². The number of thiocarbonyl (C=S) groups is 1. The SMILES string of the molecule is NC(=S)c1cn[nH]c1NC(=O)c1cc2c(s1)CCC2. The van der Waals surface area contributed by atoms with Crippen molar-refractivity contribution < 1.29 is 4.79 Å². The van der Waals surface area contributed by atoms with E-state index in [0.29, 0.717) is 16.3 Å². The highest BCUT2D eigenvalue weighted by molar-refractivity contribution is 7.80. The third-order valence-electron chi connectivity index (χ3n) is 3.11. The van der Waals surface area contributed by atoms with Crippen LogP contribution in [0.3, 0.4) is 0 Å². The minimum absolute atomic E-state index is 0.152. The minimum Gasteiger partial charge on any atom is -0.389 e. The average Bonchev–Trinajstić information content (AvgIpc) is 3.01. The molecule has 2 aromatic rings. The fourth-order valence-corrected chi connectivity index (χ4v) is 3.49. The van der Waals surface area contributed by atoms with Crippen LogP contribution in [0.15, 0.2) is 12.3 Å². The molecule has 0 saturated heterocycles. The number of nitrogens with two attached hydrogens (primary N) is 1. The lowest BCUT2D eigenvalue weighted by molar-refractivity contribution is 0.103. The Bertz CT molecular complexity index is 637. The van der Waals surface area contributed by atoms with Crippen molar-refractivity contribution in [2.75, 3.05) is 5.32 Å². The first-order valence-electron chi connectivity index (χ1n) is 5.91. The Morgan fingerprint density at radius 1 is 1.53 bits per heavy atom. The molecule has 0 unspecified atom stereocenters. The number of aromatic nitrogens is 2. The van der Waals surface area contributed by atoms with Crippen molar-refractivity contribution in [1.29, 1.82) is 0 Å². The van der Waals surface area contributed by atoms with Crippen LogP contribution in [0.4, 0.5) is 5.82 Å². The van der Waals surface area contributed by atoms with Crippen LogP contribution in [-0.2, 0) is 12.8 Å². The minimum atomic E-state index is -0.152. The first-order valence-corrected chi connectivity index (χ1v) is 7.13. The maximum atomic E-state index is 12.2. The van der Waals surface area contributed by atoms with Gasteiger partial charge in [-0.3, -0.25) is 9.89 Å².